The molecule has 4 heteroatoms. The summed E-state index contributed by atoms with van der Waals surface area (Å²) in [5.41, 5.74) is -0.0429. The van der Waals surface area contributed by atoms with Crippen molar-refractivity contribution in [2.75, 3.05) is 26.4 Å². The van der Waals surface area contributed by atoms with Crippen LogP contribution in [0.5, 0.6) is 0 Å². The highest BCUT2D eigenvalue weighted by atomic mass is 16.3. The molecular formula is C11H22N2O2. The van der Waals surface area contributed by atoms with Gasteiger partial charge in [-0.05, 0) is 12.8 Å². The molecule has 4 nitrogen and oxygen atoms in total. The second-order valence-corrected chi connectivity index (χ2v) is 5.02. The predicted molar refractivity (Wildman–Crippen MR) is 58.5 cm³/mol. The summed E-state index contributed by atoms with van der Waals surface area (Å²) in [6, 6.07) is 0. The Morgan fingerprint density at radius 2 is 1.87 bits per heavy atom. The smallest absolute Gasteiger partial charge is 0.0794 e. The summed E-state index contributed by atoms with van der Waals surface area (Å²) < 4.78 is 0. The fraction of sp³-hybridized carbons (Fsp3) is 1.00. The molecule has 3 N–H and O–H groups in total. The zero-order chi connectivity index (χ0) is 10.7. The zero-order valence-electron chi connectivity index (χ0n) is 9.28. The molecule has 0 unspecified atom stereocenters. The Morgan fingerprint density at radius 1 is 1.20 bits per heavy atom. The topological polar surface area (TPSA) is 55.7 Å². The Labute approximate surface area is 91.3 Å². The van der Waals surface area contributed by atoms with Crippen molar-refractivity contribution in [3.63, 3.8) is 0 Å². The minimum absolute atomic E-state index is 0.0429. The molecule has 2 rings (SSSR count). The standard InChI is InChI=1S/C11H22N2O2/c14-8-11(4-2-1-3-5-11)12-9-13-6-10(15)7-13/h10,12,14-15H,1-9H2. The van der Waals surface area contributed by atoms with Crippen molar-refractivity contribution in [3.05, 3.63) is 0 Å². The quantitative estimate of drug-likeness (QED) is 0.612. The largest absolute Gasteiger partial charge is 0.394 e. The van der Waals surface area contributed by atoms with E-state index in [9.17, 15) is 5.11 Å². The molecule has 0 radical (unpaired) electrons. The second kappa shape index (κ2) is 4.78. The third-order valence-electron chi connectivity index (χ3n) is 3.73. The number of nitrogens with zero attached hydrogens (tertiary/aromatic N) is 1. The summed E-state index contributed by atoms with van der Waals surface area (Å²) in [6.07, 6.45) is 5.76. The molecule has 0 spiro atoms. The van der Waals surface area contributed by atoms with E-state index < -0.39 is 0 Å². The lowest BCUT2D eigenvalue weighted by Gasteiger charge is -2.42. The molecule has 0 aromatic heterocycles. The SMILES string of the molecule is OCC1(NCN2CC(O)C2)CCCCC1. The summed E-state index contributed by atoms with van der Waals surface area (Å²) in [5, 5.41) is 22.1. The molecule has 0 atom stereocenters. The van der Waals surface area contributed by atoms with Gasteiger partial charge in [0.05, 0.1) is 12.7 Å². The maximum absolute atomic E-state index is 9.47. The van der Waals surface area contributed by atoms with E-state index in [-0.39, 0.29) is 18.2 Å². The number of hydrogen-bond acceptors (Lipinski definition) is 4. The lowest BCUT2D eigenvalue weighted by molar-refractivity contribution is -0.0144. The zero-order valence-corrected chi connectivity index (χ0v) is 9.28. The highest BCUT2D eigenvalue weighted by molar-refractivity contribution is 4.91. The van der Waals surface area contributed by atoms with Crippen molar-refractivity contribution < 1.29 is 10.2 Å². The van der Waals surface area contributed by atoms with Crippen LogP contribution in [0.2, 0.25) is 0 Å². The Balaban J connectivity index is 1.74. The highest BCUT2D eigenvalue weighted by Crippen LogP contribution is 2.27. The van der Waals surface area contributed by atoms with Gasteiger partial charge in [-0.1, -0.05) is 19.3 Å². The van der Waals surface area contributed by atoms with Crippen molar-refractivity contribution in [2.45, 2.75) is 43.7 Å². The molecule has 1 aliphatic heterocycles. The van der Waals surface area contributed by atoms with E-state index >= 15 is 0 Å². The van der Waals surface area contributed by atoms with Gasteiger partial charge in [0.15, 0.2) is 0 Å². The number of likely N-dealkylation sites (tertiary alicyclic amines) is 1. The van der Waals surface area contributed by atoms with Crippen molar-refractivity contribution >= 4 is 0 Å². The fourth-order valence-electron chi connectivity index (χ4n) is 2.57. The van der Waals surface area contributed by atoms with Crippen LogP contribution in [0.1, 0.15) is 32.1 Å². The molecule has 2 aliphatic rings. The van der Waals surface area contributed by atoms with E-state index in [1.54, 1.807) is 0 Å². The van der Waals surface area contributed by atoms with Crippen LogP contribution in [-0.4, -0.2) is 53.1 Å². The number of rotatable bonds is 4. The Bertz CT molecular complexity index is 199. The second-order valence-electron chi connectivity index (χ2n) is 5.02. The maximum atomic E-state index is 9.47. The summed E-state index contributed by atoms with van der Waals surface area (Å²) in [4.78, 5) is 2.18. The van der Waals surface area contributed by atoms with Crippen molar-refractivity contribution in [2.24, 2.45) is 0 Å². The van der Waals surface area contributed by atoms with Gasteiger partial charge in [-0.2, -0.15) is 0 Å². The number of nitrogens with one attached hydrogen (secondary N) is 1. The number of aliphatic hydroxyl groups excluding tert-OH is 2. The van der Waals surface area contributed by atoms with Crippen LogP contribution >= 0.6 is 0 Å². The van der Waals surface area contributed by atoms with Crippen molar-refractivity contribution in [1.29, 1.82) is 0 Å². The summed E-state index contributed by atoms with van der Waals surface area (Å²) in [6.45, 7) is 2.59. The molecule has 1 heterocycles. The lowest BCUT2D eigenvalue weighted by atomic mass is 9.82. The van der Waals surface area contributed by atoms with Gasteiger partial charge in [-0.25, -0.2) is 0 Å². The Morgan fingerprint density at radius 3 is 2.40 bits per heavy atom. The molecule has 0 aromatic rings. The van der Waals surface area contributed by atoms with Crippen LogP contribution in [-0.2, 0) is 0 Å². The van der Waals surface area contributed by atoms with E-state index in [2.05, 4.69) is 10.2 Å². The number of β-amino-alcohol motifs (C(OH)–C–C–N with tert-alkyl or cyclic N) is 1. The first-order chi connectivity index (χ1) is 7.24. The first-order valence-electron chi connectivity index (χ1n) is 6.00. The van der Waals surface area contributed by atoms with Gasteiger partial charge in [-0.15, -0.1) is 0 Å². The van der Waals surface area contributed by atoms with Crippen molar-refractivity contribution in [1.82, 2.24) is 10.2 Å². The molecule has 1 saturated heterocycles. The normalized spacial score (nSPS) is 27.6. The van der Waals surface area contributed by atoms with E-state index in [0.717, 1.165) is 32.6 Å². The molecule has 1 saturated carbocycles. The van der Waals surface area contributed by atoms with Crippen LogP contribution < -0.4 is 5.32 Å². The van der Waals surface area contributed by atoms with Gasteiger partial charge in [0.25, 0.3) is 0 Å². The monoisotopic (exact) mass is 214 g/mol. The third kappa shape index (κ3) is 2.69. The minimum atomic E-state index is -0.136. The Kier molecular flexibility index (Phi) is 3.61. The predicted octanol–water partition coefficient (Wildman–Crippen LogP) is -0.0948. The van der Waals surface area contributed by atoms with Gasteiger partial charge >= 0.3 is 0 Å². The number of aliphatic hydroxyl groups is 2. The fourth-order valence-corrected chi connectivity index (χ4v) is 2.57. The summed E-state index contributed by atoms with van der Waals surface area (Å²) in [5.74, 6) is 0. The molecule has 15 heavy (non-hydrogen) atoms. The minimum Gasteiger partial charge on any atom is -0.394 e. The first kappa shape index (κ1) is 11.3. The molecular weight excluding hydrogens is 192 g/mol. The Hall–Kier alpha value is -0.160. The van der Waals surface area contributed by atoms with E-state index in [1.807, 2.05) is 0 Å². The van der Waals surface area contributed by atoms with Gasteiger partial charge in [0, 0.05) is 25.3 Å². The van der Waals surface area contributed by atoms with E-state index in [1.165, 1.54) is 19.3 Å². The van der Waals surface area contributed by atoms with Crippen LogP contribution in [0.4, 0.5) is 0 Å². The molecule has 1 aliphatic carbocycles. The van der Waals surface area contributed by atoms with Gasteiger partial charge < -0.3 is 10.2 Å². The van der Waals surface area contributed by atoms with E-state index in [4.69, 9.17) is 5.11 Å². The maximum Gasteiger partial charge on any atom is 0.0794 e. The van der Waals surface area contributed by atoms with Gasteiger partial charge in [0.1, 0.15) is 0 Å². The lowest BCUT2D eigenvalue weighted by Crippen LogP contribution is -2.59. The molecule has 0 aromatic carbocycles. The summed E-state index contributed by atoms with van der Waals surface area (Å²) >= 11 is 0. The highest BCUT2D eigenvalue weighted by Gasteiger charge is 2.32. The van der Waals surface area contributed by atoms with Crippen LogP contribution in [0.25, 0.3) is 0 Å². The van der Waals surface area contributed by atoms with Crippen LogP contribution in [0, 0.1) is 0 Å². The van der Waals surface area contributed by atoms with E-state index in [0.29, 0.717) is 0 Å². The third-order valence-corrected chi connectivity index (χ3v) is 3.73. The molecule has 88 valence electrons. The molecule has 2 fully saturated rings. The van der Waals surface area contributed by atoms with Crippen LogP contribution in [0.15, 0.2) is 0 Å². The van der Waals surface area contributed by atoms with Crippen LogP contribution in [0.3, 0.4) is 0 Å². The average Bonchev–Trinajstić information content (AvgIpc) is 2.24. The summed E-state index contributed by atoms with van der Waals surface area (Å²) in [7, 11) is 0. The average molecular weight is 214 g/mol. The van der Waals surface area contributed by atoms with Gasteiger partial charge in [-0.3, -0.25) is 10.2 Å². The first-order valence-corrected chi connectivity index (χ1v) is 6.00. The molecule has 0 amide bonds. The van der Waals surface area contributed by atoms with Gasteiger partial charge in [0.2, 0.25) is 0 Å². The molecule has 0 bridgehead atoms. The van der Waals surface area contributed by atoms with Crippen molar-refractivity contribution in [3.8, 4) is 0 Å². The number of hydrogen-bond donors (Lipinski definition) is 3.